The van der Waals surface area contributed by atoms with Crippen molar-refractivity contribution in [2.24, 2.45) is 5.92 Å². The molecule has 7 heteroatoms. The number of hydrogen-bond donors (Lipinski definition) is 1. The molecule has 0 atom stereocenters. The highest BCUT2D eigenvalue weighted by Gasteiger charge is 2.08. The van der Waals surface area contributed by atoms with Crippen LogP contribution < -0.4 is 10.1 Å². The van der Waals surface area contributed by atoms with Crippen LogP contribution in [0.3, 0.4) is 0 Å². The van der Waals surface area contributed by atoms with Crippen molar-refractivity contribution < 1.29 is 4.74 Å². The normalized spacial score (nSPS) is 10.8. The third-order valence-corrected chi connectivity index (χ3v) is 2.69. The maximum atomic E-state index is 5.59. The summed E-state index contributed by atoms with van der Waals surface area (Å²) in [6, 6.07) is 2.13. The molecule has 2 aromatic rings. The topological polar surface area (TPSA) is 77.8 Å². The number of aromatic nitrogens is 5. The molecule has 20 heavy (non-hydrogen) atoms. The average molecular weight is 276 g/mol. The molecular weight excluding hydrogens is 256 g/mol. The van der Waals surface area contributed by atoms with Crippen LogP contribution in [-0.4, -0.2) is 38.4 Å². The van der Waals surface area contributed by atoms with Crippen molar-refractivity contribution >= 4 is 5.95 Å². The fraction of sp³-hybridized carbons (Fsp3) is 0.538. The van der Waals surface area contributed by atoms with Gasteiger partial charge in [0.25, 0.3) is 5.95 Å². The van der Waals surface area contributed by atoms with Gasteiger partial charge in [0.15, 0.2) is 0 Å². The van der Waals surface area contributed by atoms with Crippen LogP contribution in [0.15, 0.2) is 18.5 Å². The summed E-state index contributed by atoms with van der Waals surface area (Å²) in [5.41, 5.74) is 0. The monoisotopic (exact) mass is 276 g/mol. The summed E-state index contributed by atoms with van der Waals surface area (Å²) in [5, 5.41) is 7.00. The summed E-state index contributed by atoms with van der Waals surface area (Å²) >= 11 is 0. The van der Waals surface area contributed by atoms with Crippen LogP contribution in [0, 0.1) is 5.92 Å². The minimum absolute atomic E-state index is 0.318. The first-order chi connectivity index (χ1) is 9.69. The third kappa shape index (κ3) is 3.91. The number of rotatable bonds is 7. The van der Waals surface area contributed by atoms with E-state index in [-0.39, 0.29) is 0 Å². The molecule has 0 bridgehead atoms. The van der Waals surface area contributed by atoms with Gasteiger partial charge in [-0.3, -0.25) is 0 Å². The number of nitrogens with one attached hydrogen (secondary N) is 1. The first-order valence-corrected chi connectivity index (χ1v) is 6.75. The van der Waals surface area contributed by atoms with Crippen molar-refractivity contribution in [2.45, 2.75) is 26.7 Å². The van der Waals surface area contributed by atoms with Crippen molar-refractivity contribution in [3.8, 4) is 12.0 Å². The van der Waals surface area contributed by atoms with E-state index in [4.69, 9.17) is 4.74 Å². The molecule has 2 heterocycles. The number of anilines is 1. The third-order valence-electron chi connectivity index (χ3n) is 2.69. The predicted octanol–water partition coefficient (Wildman–Crippen LogP) is 1.91. The van der Waals surface area contributed by atoms with Gasteiger partial charge in [0.2, 0.25) is 5.95 Å². The summed E-state index contributed by atoms with van der Waals surface area (Å²) in [4.78, 5) is 12.7. The van der Waals surface area contributed by atoms with Crippen molar-refractivity contribution in [1.82, 2.24) is 24.7 Å². The van der Waals surface area contributed by atoms with Gasteiger partial charge in [-0.15, -0.1) is 0 Å². The lowest BCUT2D eigenvalue weighted by Gasteiger charge is -2.08. The Hall–Kier alpha value is -2.18. The fourth-order valence-corrected chi connectivity index (χ4v) is 1.67. The van der Waals surface area contributed by atoms with Crippen LogP contribution in [0.25, 0.3) is 5.95 Å². The Bertz CT molecular complexity index is 526. The van der Waals surface area contributed by atoms with Crippen molar-refractivity contribution in [3.63, 3.8) is 0 Å². The van der Waals surface area contributed by atoms with Gasteiger partial charge in [-0.1, -0.05) is 13.8 Å². The zero-order chi connectivity index (χ0) is 14.4. The minimum Gasteiger partial charge on any atom is -0.463 e. The highest BCUT2D eigenvalue weighted by Crippen LogP contribution is 2.11. The van der Waals surface area contributed by atoms with Crippen LogP contribution in [0.1, 0.15) is 26.7 Å². The molecule has 0 aliphatic carbocycles. The van der Waals surface area contributed by atoms with Gasteiger partial charge in [-0.05, 0) is 24.8 Å². The van der Waals surface area contributed by atoms with E-state index < -0.39 is 0 Å². The molecule has 2 aromatic heterocycles. The number of nitrogens with zero attached hydrogens (tertiary/aromatic N) is 5. The summed E-state index contributed by atoms with van der Waals surface area (Å²) < 4.78 is 7.17. The first-order valence-electron chi connectivity index (χ1n) is 6.75. The second-order valence-corrected chi connectivity index (χ2v) is 4.83. The maximum Gasteiger partial charge on any atom is 0.323 e. The van der Waals surface area contributed by atoms with Crippen molar-refractivity contribution in [1.29, 1.82) is 0 Å². The van der Waals surface area contributed by atoms with Crippen LogP contribution in [0.4, 0.5) is 5.95 Å². The number of hydrogen-bond acceptors (Lipinski definition) is 6. The Morgan fingerprint density at radius 3 is 2.80 bits per heavy atom. The molecule has 0 fully saturated rings. The maximum absolute atomic E-state index is 5.59. The molecule has 0 amide bonds. The Labute approximate surface area is 118 Å². The first kappa shape index (κ1) is 14.2. The lowest BCUT2D eigenvalue weighted by Crippen LogP contribution is -2.10. The second-order valence-electron chi connectivity index (χ2n) is 4.83. The lowest BCUT2D eigenvalue weighted by atomic mass is 10.1. The molecule has 0 aliphatic rings. The van der Waals surface area contributed by atoms with Crippen LogP contribution >= 0.6 is 0 Å². The summed E-state index contributed by atoms with van der Waals surface area (Å²) in [5.74, 6) is 1.57. The summed E-state index contributed by atoms with van der Waals surface area (Å²) in [6.07, 6.45) is 5.55. The molecule has 0 aliphatic heterocycles. The second kappa shape index (κ2) is 6.83. The van der Waals surface area contributed by atoms with Crippen LogP contribution in [0.5, 0.6) is 6.01 Å². The van der Waals surface area contributed by atoms with Gasteiger partial charge < -0.3 is 10.1 Å². The fourth-order valence-electron chi connectivity index (χ4n) is 1.67. The molecule has 0 saturated carbocycles. The molecule has 0 spiro atoms. The van der Waals surface area contributed by atoms with Crippen molar-refractivity contribution in [3.05, 3.63) is 18.5 Å². The number of ether oxygens (including phenoxy) is 1. The van der Waals surface area contributed by atoms with Gasteiger partial charge in [-0.2, -0.15) is 20.1 Å². The molecule has 0 aromatic carbocycles. The Kier molecular flexibility index (Phi) is 4.86. The SMILES string of the molecule is CNc1nc(OCCCC(C)C)nc(-n2cccn2)n1. The zero-order valence-electron chi connectivity index (χ0n) is 12.1. The van der Waals surface area contributed by atoms with E-state index in [0.29, 0.717) is 30.4 Å². The molecule has 0 unspecified atom stereocenters. The Morgan fingerprint density at radius 1 is 1.30 bits per heavy atom. The average Bonchev–Trinajstić information content (AvgIpc) is 2.97. The molecule has 2 rings (SSSR count). The summed E-state index contributed by atoms with van der Waals surface area (Å²) in [6.45, 7) is 4.99. The standard InChI is InChI=1S/C13H20N6O/c1-10(2)6-4-9-20-13-17-11(14-3)16-12(18-13)19-8-5-7-15-19/h5,7-8,10H,4,6,9H2,1-3H3,(H,14,16,17,18). The van der Waals surface area contributed by atoms with E-state index >= 15 is 0 Å². The molecule has 0 saturated heterocycles. The Morgan fingerprint density at radius 2 is 2.15 bits per heavy atom. The largest absolute Gasteiger partial charge is 0.463 e. The van der Waals surface area contributed by atoms with Gasteiger partial charge >= 0.3 is 6.01 Å². The van der Waals surface area contributed by atoms with Gasteiger partial charge in [0, 0.05) is 19.4 Å². The predicted molar refractivity (Wildman–Crippen MR) is 76.1 cm³/mol. The molecule has 0 radical (unpaired) electrons. The van der Waals surface area contributed by atoms with E-state index in [0.717, 1.165) is 12.8 Å². The lowest BCUT2D eigenvalue weighted by molar-refractivity contribution is 0.275. The van der Waals surface area contributed by atoms with Crippen LogP contribution in [-0.2, 0) is 0 Å². The van der Waals surface area contributed by atoms with E-state index in [2.05, 4.69) is 39.2 Å². The molecule has 1 N–H and O–H groups in total. The highest BCUT2D eigenvalue weighted by atomic mass is 16.5. The van der Waals surface area contributed by atoms with Gasteiger partial charge in [0.1, 0.15) is 0 Å². The highest BCUT2D eigenvalue weighted by molar-refractivity contribution is 5.28. The molecular formula is C13H20N6O. The van der Waals surface area contributed by atoms with Crippen molar-refractivity contribution in [2.75, 3.05) is 19.0 Å². The van der Waals surface area contributed by atoms with E-state index in [1.807, 2.05) is 6.07 Å². The quantitative estimate of drug-likeness (QED) is 0.778. The zero-order valence-corrected chi connectivity index (χ0v) is 12.1. The van der Waals surface area contributed by atoms with E-state index in [9.17, 15) is 0 Å². The molecule has 108 valence electrons. The van der Waals surface area contributed by atoms with E-state index in [1.165, 1.54) is 0 Å². The smallest absolute Gasteiger partial charge is 0.323 e. The molecule has 7 nitrogen and oxygen atoms in total. The van der Waals surface area contributed by atoms with E-state index in [1.54, 1.807) is 24.1 Å². The Balaban J connectivity index is 2.06. The van der Waals surface area contributed by atoms with Crippen LogP contribution in [0.2, 0.25) is 0 Å². The van der Waals surface area contributed by atoms with Gasteiger partial charge in [0.05, 0.1) is 6.61 Å². The summed E-state index contributed by atoms with van der Waals surface area (Å²) in [7, 11) is 1.75. The van der Waals surface area contributed by atoms with Gasteiger partial charge in [-0.25, -0.2) is 4.68 Å². The minimum atomic E-state index is 0.318.